The minimum absolute atomic E-state index is 0. The van der Waals surface area contributed by atoms with Gasteiger partial charge >= 0.3 is 0 Å². The number of nitrogens with one attached hydrogen (secondary N) is 1. The monoisotopic (exact) mass is 173 g/mol. The fourth-order valence-electron chi connectivity index (χ4n) is 1.95. The number of primary amides is 1. The molecule has 3 unspecified atom stereocenters. The van der Waals surface area contributed by atoms with E-state index in [0.717, 1.165) is 26.1 Å². The predicted molar refractivity (Wildman–Crippen MR) is 44.3 cm³/mol. The molecule has 5 nitrogen and oxygen atoms in total. The van der Waals surface area contributed by atoms with Gasteiger partial charge in [-0.2, -0.15) is 0 Å². The molecule has 2 aliphatic rings. The van der Waals surface area contributed by atoms with Crippen LogP contribution in [0.3, 0.4) is 0 Å². The number of hydrogen-bond acceptors (Lipinski definition) is 3. The first kappa shape index (κ1) is 9.44. The van der Waals surface area contributed by atoms with Crippen molar-refractivity contribution in [1.29, 1.82) is 0 Å². The predicted octanol–water partition coefficient (Wildman–Crippen LogP) is -1.96. The highest BCUT2D eigenvalue weighted by Gasteiger charge is 2.35. The van der Waals surface area contributed by atoms with E-state index in [1.807, 2.05) is 0 Å². The zero-order valence-electron chi connectivity index (χ0n) is 6.92. The maximum atomic E-state index is 10.9. The molecule has 0 spiro atoms. The third kappa shape index (κ3) is 1.43. The molecule has 0 saturated carbocycles. The summed E-state index contributed by atoms with van der Waals surface area (Å²) in [6, 6.07) is 0.590. The molecule has 2 rings (SSSR count). The number of carbonyl (C=O) groups is 1. The van der Waals surface area contributed by atoms with Crippen LogP contribution in [-0.4, -0.2) is 41.6 Å². The Morgan fingerprint density at radius 2 is 2.25 bits per heavy atom. The molecular weight excluding hydrogens is 158 g/mol. The maximum absolute atomic E-state index is 10.9. The summed E-state index contributed by atoms with van der Waals surface area (Å²) in [5.74, 6) is -0.174. The minimum atomic E-state index is -0.174. The normalized spacial score (nSPS) is 38.8. The van der Waals surface area contributed by atoms with E-state index in [2.05, 4.69) is 10.2 Å². The number of carbonyl (C=O) groups excluding carboxylic acids is 1. The van der Waals surface area contributed by atoms with Gasteiger partial charge in [0.15, 0.2) is 0 Å². The van der Waals surface area contributed by atoms with Gasteiger partial charge in [0.05, 0.1) is 6.04 Å². The number of piperidine rings is 1. The third-order valence-corrected chi connectivity index (χ3v) is 2.60. The summed E-state index contributed by atoms with van der Waals surface area (Å²) in [5, 5.41) is 3.32. The quantitative estimate of drug-likeness (QED) is 0.482. The fraction of sp³-hybridized carbons (Fsp3) is 0.857. The van der Waals surface area contributed by atoms with Crippen molar-refractivity contribution in [2.24, 2.45) is 5.73 Å². The average molecular weight is 173 g/mol. The second-order valence-corrected chi connectivity index (χ2v) is 3.33. The zero-order valence-corrected chi connectivity index (χ0v) is 6.92. The van der Waals surface area contributed by atoms with Gasteiger partial charge < -0.3 is 16.5 Å². The Kier molecular flexibility index (Phi) is 2.66. The van der Waals surface area contributed by atoms with Crippen molar-refractivity contribution in [2.75, 3.05) is 13.2 Å². The molecule has 12 heavy (non-hydrogen) atoms. The number of fused-ring (bicyclic) bond motifs is 2. The summed E-state index contributed by atoms with van der Waals surface area (Å²) in [5.41, 5.74) is 5.24. The van der Waals surface area contributed by atoms with E-state index in [1.165, 1.54) is 0 Å². The number of hydrogen-bond donors (Lipinski definition) is 2. The van der Waals surface area contributed by atoms with Crippen molar-refractivity contribution in [2.45, 2.75) is 24.9 Å². The summed E-state index contributed by atoms with van der Waals surface area (Å²) >= 11 is 0. The van der Waals surface area contributed by atoms with Crippen molar-refractivity contribution in [1.82, 2.24) is 10.2 Å². The van der Waals surface area contributed by atoms with Gasteiger partial charge in [0.2, 0.25) is 5.91 Å². The van der Waals surface area contributed by atoms with E-state index in [4.69, 9.17) is 5.73 Å². The Bertz CT molecular complexity index is 185. The van der Waals surface area contributed by atoms with Crippen LogP contribution in [-0.2, 0) is 4.79 Å². The number of rotatable bonds is 1. The minimum Gasteiger partial charge on any atom is -0.412 e. The summed E-state index contributed by atoms with van der Waals surface area (Å²) in [6.45, 7) is 1.83. The number of nitrogens with zero attached hydrogens (tertiary/aromatic N) is 1. The van der Waals surface area contributed by atoms with Crippen LogP contribution in [0, 0.1) is 0 Å². The highest BCUT2D eigenvalue weighted by atomic mass is 16.1. The molecule has 0 aliphatic carbocycles. The second-order valence-electron chi connectivity index (χ2n) is 3.33. The molecule has 2 aliphatic heterocycles. The van der Waals surface area contributed by atoms with Crippen LogP contribution in [0.25, 0.3) is 0 Å². The van der Waals surface area contributed by atoms with E-state index in [9.17, 15) is 4.79 Å². The lowest BCUT2D eigenvalue weighted by Crippen LogP contribution is -2.46. The molecular formula is C7H15N3O2. The molecule has 0 aromatic rings. The standard InChI is InChI=1S/C7H13N3O.H2O/c8-7(11)6-2-1-5-3-10(6)4-9-5;/h5-6,9H,1-4H2,(H2,8,11);1H2. The second kappa shape index (κ2) is 3.38. The molecule has 1 amide bonds. The van der Waals surface area contributed by atoms with Crippen LogP contribution in [0.1, 0.15) is 12.8 Å². The fourth-order valence-corrected chi connectivity index (χ4v) is 1.95. The van der Waals surface area contributed by atoms with Crippen molar-refractivity contribution in [3.8, 4) is 0 Å². The van der Waals surface area contributed by atoms with Crippen LogP contribution in [0.2, 0.25) is 0 Å². The molecule has 2 bridgehead atoms. The van der Waals surface area contributed by atoms with Gasteiger partial charge in [-0.05, 0) is 12.8 Å². The molecule has 5 heteroatoms. The van der Waals surface area contributed by atoms with Gasteiger partial charge in [-0.15, -0.1) is 0 Å². The van der Waals surface area contributed by atoms with Gasteiger partial charge in [0.25, 0.3) is 0 Å². The molecule has 70 valence electrons. The Labute approximate surface area is 71.2 Å². The molecule has 0 radical (unpaired) electrons. The van der Waals surface area contributed by atoms with E-state index in [1.54, 1.807) is 0 Å². The van der Waals surface area contributed by atoms with E-state index in [-0.39, 0.29) is 17.4 Å². The summed E-state index contributed by atoms with van der Waals surface area (Å²) in [6.07, 6.45) is 2.01. The van der Waals surface area contributed by atoms with Crippen molar-refractivity contribution >= 4 is 5.91 Å². The zero-order chi connectivity index (χ0) is 7.84. The first-order valence-electron chi connectivity index (χ1n) is 4.04. The van der Waals surface area contributed by atoms with Crippen LogP contribution in [0.4, 0.5) is 0 Å². The van der Waals surface area contributed by atoms with E-state index in [0.29, 0.717) is 6.04 Å². The van der Waals surface area contributed by atoms with Crippen molar-refractivity contribution in [3.05, 3.63) is 0 Å². The molecule has 3 atom stereocenters. The smallest absolute Gasteiger partial charge is 0.234 e. The largest absolute Gasteiger partial charge is 0.412 e. The summed E-state index contributed by atoms with van der Waals surface area (Å²) in [7, 11) is 0. The van der Waals surface area contributed by atoms with Gasteiger partial charge in [-0.3, -0.25) is 9.69 Å². The van der Waals surface area contributed by atoms with Gasteiger partial charge in [-0.25, -0.2) is 0 Å². The Morgan fingerprint density at radius 1 is 1.50 bits per heavy atom. The molecule has 2 saturated heterocycles. The van der Waals surface area contributed by atoms with E-state index < -0.39 is 0 Å². The first-order valence-corrected chi connectivity index (χ1v) is 4.04. The van der Waals surface area contributed by atoms with Crippen LogP contribution < -0.4 is 11.1 Å². The first-order chi connectivity index (χ1) is 5.27. The Balaban J connectivity index is 0.000000720. The maximum Gasteiger partial charge on any atom is 0.234 e. The SMILES string of the molecule is NC(=O)C1CCC2CN1CN2.O. The van der Waals surface area contributed by atoms with E-state index >= 15 is 0 Å². The van der Waals surface area contributed by atoms with Crippen molar-refractivity contribution < 1.29 is 10.3 Å². The Hall–Kier alpha value is -0.650. The van der Waals surface area contributed by atoms with Crippen molar-refractivity contribution in [3.63, 3.8) is 0 Å². The molecule has 2 heterocycles. The third-order valence-electron chi connectivity index (χ3n) is 2.60. The lowest BCUT2D eigenvalue weighted by atomic mass is 10.0. The highest BCUT2D eigenvalue weighted by molar-refractivity contribution is 5.80. The Morgan fingerprint density at radius 3 is 2.92 bits per heavy atom. The van der Waals surface area contributed by atoms with Crippen LogP contribution in [0.15, 0.2) is 0 Å². The number of nitrogens with two attached hydrogens (primary N) is 1. The lowest BCUT2D eigenvalue weighted by Gasteiger charge is -2.28. The molecule has 0 aromatic carbocycles. The lowest BCUT2D eigenvalue weighted by molar-refractivity contribution is -0.123. The molecule has 5 N–H and O–H groups in total. The number of amides is 1. The molecule has 0 aromatic heterocycles. The van der Waals surface area contributed by atoms with Gasteiger partial charge in [-0.1, -0.05) is 0 Å². The van der Waals surface area contributed by atoms with Gasteiger partial charge in [0.1, 0.15) is 0 Å². The highest BCUT2D eigenvalue weighted by Crippen LogP contribution is 2.20. The van der Waals surface area contributed by atoms with Crippen LogP contribution in [0.5, 0.6) is 0 Å². The average Bonchev–Trinajstić information content (AvgIpc) is 2.32. The summed E-state index contributed by atoms with van der Waals surface area (Å²) in [4.78, 5) is 13.0. The van der Waals surface area contributed by atoms with Crippen LogP contribution >= 0.6 is 0 Å². The van der Waals surface area contributed by atoms with Gasteiger partial charge in [0, 0.05) is 19.3 Å². The molecule has 2 fully saturated rings. The topological polar surface area (TPSA) is 89.9 Å². The summed E-state index contributed by atoms with van der Waals surface area (Å²) < 4.78 is 0.